The summed E-state index contributed by atoms with van der Waals surface area (Å²) in [5, 5.41) is 7.27. The highest BCUT2D eigenvalue weighted by molar-refractivity contribution is 6.30. The lowest BCUT2D eigenvalue weighted by Gasteiger charge is -2.36. The number of benzene rings is 1. The van der Waals surface area contributed by atoms with Crippen LogP contribution in [0.5, 0.6) is 0 Å². The van der Waals surface area contributed by atoms with Crippen LogP contribution in [0.1, 0.15) is 19.8 Å². The molecule has 0 aromatic heterocycles. The van der Waals surface area contributed by atoms with Crippen LogP contribution in [0.25, 0.3) is 0 Å². The molecule has 0 bridgehead atoms. The second-order valence-electron chi connectivity index (χ2n) is 6.86. The largest absolute Gasteiger partial charge is 0.368 e. The molecule has 142 valence electrons. The number of anilines is 1. The van der Waals surface area contributed by atoms with Crippen molar-refractivity contribution in [2.45, 2.75) is 19.8 Å². The molecule has 1 amide bonds. The molecule has 6 nitrogen and oxygen atoms in total. The molecular weight excluding hydrogens is 350 g/mol. The third kappa shape index (κ3) is 5.53. The van der Waals surface area contributed by atoms with Crippen molar-refractivity contribution in [3.05, 3.63) is 29.3 Å². The lowest BCUT2D eigenvalue weighted by Crippen LogP contribution is -2.49. The average molecular weight is 378 g/mol. The summed E-state index contributed by atoms with van der Waals surface area (Å²) in [5.74, 6) is 1.60. The van der Waals surface area contributed by atoms with Gasteiger partial charge in [-0.05, 0) is 49.9 Å². The van der Waals surface area contributed by atoms with Crippen molar-refractivity contribution in [3.63, 3.8) is 0 Å². The van der Waals surface area contributed by atoms with E-state index in [9.17, 15) is 4.79 Å². The maximum absolute atomic E-state index is 12.5. The Morgan fingerprint density at radius 2 is 1.85 bits per heavy atom. The number of amides is 1. The Morgan fingerprint density at radius 1 is 1.15 bits per heavy atom. The first-order valence-corrected chi connectivity index (χ1v) is 9.84. The molecule has 1 aromatic rings. The number of halogens is 1. The van der Waals surface area contributed by atoms with Crippen molar-refractivity contribution in [1.82, 2.24) is 15.5 Å². The summed E-state index contributed by atoms with van der Waals surface area (Å²) >= 11 is 5.95. The van der Waals surface area contributed by atoms with E-state index in [1.165, 1.54) is 12.8 Å². The van der Waals surface area contributed by atoms with Gasteiger partial charge in [-0.3, -0.25) is 4.79 Å². The predicted octanol–water partition coefficient (Wildman–Crippen LogP) is 1.95. The molecule has 3 rings (SSSR count). The van der Waals surface area contributed by atoms with E-state index in [1.54, 1.807) is 0 Å². The zero-order chi connectivity index (χ0) is 18.4. The van der Waals surface area contributed by atoms with Crippen molar-refractivity contribution < 1.29 is 4.79 Å². The molecule has 1 saturated carbocycles. The molecule has 1 saturated heterocycles. The fourth-order valence-electron chi connectivity index (χ4n) is 3.02. The maximum atomic E-state index is 12.5. The van der Waals surface area contributed by atoms with Gasteiger partial charge in [-0.2, -0.15) is 0 Å². The van der Waals surface area contributed by atoms with E-state index in [2.05, 4.69) is 20.5 Å². The van der Waals surface area contributed by atoms with E-state index in [4.69, 9.17) is 11.6 Å². The van der Waals surface area contributed by atoms with Crippen molar-refractivity contribution in [1.29, 1.82) is 0 Å². The van der Waals surface area contributed by atoms with Crippen molar-refractivity contribution in [3.8, 4) is 0 Å². The summed E-state index contributed by atoms with van der Waals surface area (Å²) in [4.78, 5) is 21.1. The van der Waals surface area contributed by atoms with Gasteiger partial charge in [0.1, 0.15) is 6.54 Å². The third-order valence-corrected chi connectivity index (χ3v) is 5.05. The number of carbonyl (C=O) groups is 1. The van der Waals surface area contributed by atoms with E-state index >= 15 is 0 Å². The minimum Gasteiger partial charge on any atom is -0.368 e. The van der Waals surface area contributed by atoms with Gasteiger partial charge in [0.25, 0.3) is 0 Å². The molecule has 1 aliphatic heterocycles. The SMILES string of the molecule is CCNC(=NCC(=O)N1CCN(c2ccc(Cl)cc2)CC1)NCC1CC1. The Balaban J connectivity index is 1.46. The normalized spacial score (nSPS) is 18.0. The number of hydrogen-bond acceptors (Lipinski definition) is 3. The van der Waals surface area contributed by atoms with Gasteiger partial charge < -0.3 is 20.4 Å². The number of nitrogens with zero attached hydrogens (tertiary/aromatic N) is 3. The molecule has 0 unspecified atom stereocenters. The summed E-state index contributed by atoms with van der Waals surface area (Å²) in [6.45, 7) is 7.08. The average Bonchev–Trinajstić information content (AvgIpc) is 3.49. The van der Waals surface area contributed by atoms with Crippen molar-refractivity contribution >= 4 is 29.2 Å². The van der Waals surface area contributed by atoms with E-state index in [0.29, 0.717) is 0 Å². The second-order valence-corrected chi connectivity index (χ2v) is 7.30. The zero-order valence-corrected chi connectivity index (χ0v) is 16.1. The van der Waals surface area contributed by atoms with Gasteiger partial charge in [0.15, 0.2) is 5.96 Å². The topological polar surface area (TPSA) is 60.0 Å². The molecule has 2 aliphatic rings. The standard InChI is InChI=1S/C19H28ClN5O/c1-2-21-19(22-13-15-3-4-15)23-14-18(26)25-11-9-24(10-12-25)17-7-5-16(20)6-8-17/h5-8,15H,2-4,9-14H2,1H3,(H2,21,22,23). The molecule has 1 aromatic carbocycles. The van der Waals surface area contributed by atoms with E-state index < -0.39 is 0 Å². The van der Waals surface area contributed by atoms with Gasteiger partial charge in [-0.25, -0.2) is 4.99 Å². The summed E-state index contributed by atoms with van der Waals surface area (Å²) in [7, 11) is 0. The van der Waals surface area contributed by atoms with Crippen LogP contribution >= 0.6 is 11.6 Å². The molecule has 1 aliphatic carbocycles. The number of aliphatic imine (C=N–C) groups is 1. The highest BCUT2D eigenvalue weighted by Gasteiger charge is 2.22. The van der Waals surface area contributed by atoms with Crippen LogP contribution in [0.3, 0.4) is 0 Å². The lowest BCUT2D eigenvalue weighted by molar-refractivity contribution is -0.129. The number of nitrogens with one attached hydrogen (secondary N) is 2. The number of piperazine rings is 1. The monoisotopic (exact) mass is 377 g/mol. The Kier molecular flexibility index (Phi) is 6.61. The van der Waals surface area contributed by atoms with Gasteiger partial charge in [0, 0.05) is 50.0 Å². The minimum atomic E-state index is 0.0874. The summed E-state index contributed by atoms with van der Waals surface area (Å²) < 4.78 is 0. The van der Waals surface area contributed by atoms with Crippen LogP contribution in [-0.2, 0) is 4.79 Å². The van der Waals surface area contributed by atoms with Crippen LogP contribution in [-0.4, -0.2) is 62.6 Å². The highest BCUT2D eigenvalue weighted by Crippen LogP contribution is 2.27. The molecule has 0 atom stereocenters. The Labute approximate surface area is 160 Å². The molecule has 0 spiro atoms. The molecule has 0 radical (unpaired) electrons. The molecule has 2 N–H and O–H groups in total. The highest BCUT2D eigenvalue weighted by atomic mass is 35.5. The van der Waals surface area contributed by atoms with Crippen LogP contribution < -0.4 is 15.5 Å². The fourth-order valence-corrected chi connectivity index (χ4v) is 3.14. The first-order valence-electron chi connectivity index (χ1n) is 9.46. The van der Waals surface area contributed by atoms with Crippen LogP contribution in [0.4, 0.5) is 5.69 Å². The second kappa shape index (κ2) is 9.12. The van der Waals surface area contributed by atoms with Gasteiger partial charge in [0.05, 0.1) is 0 Å². The van der Waals surface area contributed by atoms with Crippen molar-refractivity contribution in [2.24, 2.45) is 10.9 Å². The number of hydrogen-bond donors (Lipinski definition) is 2. The predicted molar refractivity (Wildman–Crippen MR) is 107 cm³/mol. The van der Waals surface area contributed by atoms with Gasteiger partial charge in [-0.1, -0.05) is 11.6 Å². The van der Waals surface area contributed by atoms with E-state index in [0.717, 1.165) is 61.9 Å². The minimum absolute atomic E-state index is 0.0874. The maximum Gasteiger partial charge on any atom is 0.244 e. The Hall–Kier alpha value is -1.95. The molecule has 26 heavy (non-hydrogen) atoms. The lowest BCUT2D eigenvalue weighted by atomic mass is 10.2. The van der Waals surface area contributed by atoms with Crippen LogP contribution in [0.2, 0.25) is 5.02 Å². The summed E-state index contributed by atoms with van der Waals surface area (Å²) in [5.41, 5.74) is 1.15. The molecule has 1 heterocycles. The first-order chi connectivity index (χ1) is 12.7. The number of guanidine groups is 1. The fraction of sp³-hybridized carbons (Fsp3) is 0.579. The molecule has 7 heteroatoms. The number of rotatable bonds is 6. The quantitative estimate of drug-likeness (QED) is 0.587. The Bertz CT molecular complexity index is 621. The van der Waals surface area contributed by atoms with E-state index in [-0.39, 0.29) is 12.5 Å². The van der Waals surface area contributed by atoms with Gasteiger partial charge in [0.2, 0.25) is 5.91 Å². The van der Waals surface area contributed by atoms with Crippen molar-refractivity contribution in [2.75, 3.05) is 50.7 Å². The zero-order valence-electron chi connectivity index (χ0n) is 15.4. The van der Waals surface area contributed by atoms with Crippen LogP contribution in [0, 0.1) is 5.92 Å². The number of carbonyl (C=O) groups excluding carboxylic acids is 1. The van der Waals surface area contributed by atoms with E-state index in [1.807, 2.05) is 36.1 Å². The van der Waals surface area contributed by atoms with Gasteiger partial charge in [-0.15, -0.1) is 0 Å². The molecular formula is C19H28ClN5O. The summed E-state index contributed by atoms with van der Waals surface area (Å²) in [6.07, 6.45) is 2.59. The Morgan fingerprint density at radius 3 is 2.46 bits per heavy atom. The van der Waals surface area contributed by atoms with Crippen LogP contribution in [0.15, 0.2) is 29.3 Å². The molecule has 2 fully saturated rings. The first kappa shape index (κ1) is 18.8. The van der Waals surface area contributed by atoms with Gasteiger partial charge >= 0.3 is 0 Å². The smallest absolute Gasteiger partial charge is 0.244 e. The summed E-state index contributed by atoms with van der Waals surface area (Å²) in [6, 6.07) is 7.86. The third-order valence-electron chi connectivity index (χ3n) is 4.80.